The van der Waals surface area contributed by atoms with E-state index in [1.165, 1.54) is 10.9 Å². The number of fused-ring (bicyclic) bond motifs is 1. The summed E-state index contributed by atoms with van der Waals surface area (Å²) in [6.07, 6.45) is 0. The first-order chi connectivity index (χ1) is 7.22. The lowest BCUT2D eigenvalue weighted by molar-refractivity contribution is 0.0963. The van der Waals surface area contributed by atoms with E-state index in [4.69, 9.17) is 0 Å². The van der Waals surface area contributed by atoms with Gasteiger partial charge in [-0.2, -0.15) is 0 Å². The second kappa shape index (κ2) is 3.73. The molecule has 2 aromatic rings. The number of amides is 1. The second-order valence-electron chi connectivity index (χ2n) is 3.59. The lowest BCUT2D eigenvalue weighted by Crippen LogP contribution is -2.17. The molecular weight excluding hydrogens is 186 g/mol. The van der Waals surface area contributed by atoms with Gasteiger partial charge in [0.15, 0.2) is 0 Å². The first-order valence-electron chi connectivity index (χ1n) is 4.94. The van der Waals surface area contributed by atoms with Gasteiger partial charge in [-0.1, -0.05) is 24.3 Å². The lowest BCUT2D eigenvalue weighted by Gasteiger charge is -2.04. The maximum atomic E-state index is 11.5. The number of hydrogen-bond acceptors (Lipinski definition) is 1. The molecule has 0 aliphatic carbocycles. The normalized spacial score (nSPS) is 10.3. The van der Waals surface area contributed by atoms with E-state index in [1.54, 1.807) is 7.05 Å². The summed E-state index contributed by atoms with van der Waals surface area (Å²) in [5, 5.41) is 4.93. The standard InChI is InChI=1S/C13H13NO/c1-9-4-3-5-10-6-7-11(8-12(9)10)13(15)14-2/h3-8H,1-2H3,(H,14,15). The van der Waals surface area contributed by atoms with Crippen LogP contribution in [0.3, 0.4) is 0 Å². The molecule has 0 aromatic heterocycles. The molecule has 0 saturated heterocycles. The topological polar surface area (TPSA) is 29.1 Å². The van der Waals surface area contributed by atoms with E-state index < -0.39 is 0 Å². The molecule has 0 aliphatic heterocycles. The SMILES string of the molecule is CNC(=O)c1ccc2cccc(C)c2c1. The fraction of sp³-hybridized carbons (Fsp3) is 0.154. The summed E-state index contributed by atoms with van der Waals surface area (Å²) in [4.78, 5) is 11.5. The lowest BCUT2D eigenvalue weighted by atomic mass is 10.0. The van der Waals surface area contributed by atoms with E-state index in [9.17, 15) is 4.79 Å². The zero-order chi connectivity index (χ0) is 10.8. The highest BCUT2D eigenvalue weighted by Crippen LogP contribution is 2.19. The van der Waals surface area contributed by atoms with E-state index >= 15 is 0 Å². The molecule has 76 valence electrons. The van der Waals surface area contributed by atoms with E-state index in [2.05, 4.69) is 24.4 Å². The smallest absolute Gasteiger partial charge is 0.251 e. The summed E-state index contributed by atoms with van der Waals surface area (Å²) in [6, 6.07) is 11.9. The molecule has 0 heterocycles. The fourth-order valence-electron chi connectivity index (χ4n) is 1.71. The third kappa shape index (κ3) is 1.71. The van der Waals surface area contributed by atoms with Crippen molar-refractivity contribution in [2.24, 2.45) is 0 Å². The molecule has 0 bridgehead atoms. The Labute approximate surface area is 88.9 Å². The van der Waals surface area contributed by atoms with Gasteiger partial charge in [0.1, 0.15) is 0 Å². The first kappa shape index (κ1) is 9.71. The highest BCUT2D eigenvalue weighted by molar-refractivity contribution is 5.99. The number of carbonyl (C=O) groups excluding carboxylic acids is 1. The third-order valence-electron chi connectivity index (χ3n) is 2.59. The maximum absolute atomic E-state index is 11.5. The van der Waals surface area contributed by atoms with Crippen LogP contribution in [0.4, 0.5) is 0 Å². The number of aryl methyl sites for hydroxylation is 1. The van der Waals surface area contributed by atoms with Crippen LogP contribution in [0.25, 0.3) is 10.8 Å². The van der Waals surface area contributed by atoms with Crippen LogP contribution in [0.2, 0.25) is 0 Å². The Morgan fingerprint density at radius 3 is 2.73 bits per heavy atom. The van der Waals surface area contributed by atoms with Gasteiger partial charge in [-0.25, -0.2) is 0 Å². The van der Waals surface area contributed by atoms with Crippen LogP contribution in [-0.2, 0) is 0 Å². The summed E-state index contributed by atoms with van der Waals surface area (Å²) in [5.41, 5.74) is 1.90. The minimum Gasteiger partial charge on any atom is -0.355 e. The molecule has 0 fully saturated rings. The van der Waals surface area contributed by atoms with E-state index in [0.717, 1.165) is 5.39 Å². The second-order valence-corrected chi connectivity index (χ2v) is 3.59. The number of carbonyl (C=O) groups is 1. The van der Waals surface area contributed by atoms with Gasteiger partial charge < -0.3 is 5.32 Å². The molecule has 2 rings (SSSR count). The van der Waals surface area contributed by atoms with Crippen LogP contribution >= 0.6 is 0 Å². The zero-order valence-electron chi connectivity index (χ0n) is 8.87. The highest BCUT2D eigenvalue weighted by Gasteiger charge is 2.04. The monoisotopic (exact) mass is 199 g/mol. The first-order valence-corrected chi connectivity index (χ1v) is 4.94. The van der Waals surface area contributed by atoms with Crippen molar-refractivity contribution in [3.8, 4) is 0 Å². The molecule has 0 saturated carbocycles. The molecule has 0 radical (unpaired) electrons. The third-order valence-corrected chi connectivity index (χ3v) is 2.59. The van der Waals surface area contributed by atoms with Gasteiger partial charge in [-0.15, -0.1) is 0 Å². The van der Waals surface area contributed by atoms with Crippen LogP contribution in [0.1, 0.15) is 15.9 Å². The van der Waals surface area contributed by atoms with Crippen LogP contribution in [0.15, 0.2) is 36.4 Å². The van der Waals surface area contributed by atoms with Crippen molar-refractivity contribution < 1.29 is 4.79 Å². The Balaban J connectivity index is 2.64. The molecule has 15 heavy (non-hydrogen) atoms. The van der Waals surface area contributed by atoms with Gasteiger partial charge in [-0.05, 0) is 35.4 Å². The fourth-order valence-corrected chi connectivity index (χ4v) is 1.71. The van der Waals surface area contributed by atoms with Crippen molar-refractivity contribution in [2.75, 3.05) is 7.05 Å². The number of rotatable bonds is 1. The van der Waals surface area contributed by atoms with Crippen LogP contribution < -0.4 is 5.32 Å². The van der Waals surface area contributed by atoms with Crippen molar-refractivity contribution in [3.05, 3.63) is 47.5 Å². The van der Waals surface area contributed by atoms with Gasteiger partial charge in [0.2, 0.25) is 0 Å². The number of hydrogen-bond donors (Lipinski definition) is 1. The van der Waals surface area contributed by atoms with Gasteiger partial charge in [0, 0.05) is 12.6 Å². The Morgan fingerprint density at radius 1 is 1.20 bits per heavy atom. The Morgan fingerprint density at radius 2 is 2.00 bits per heavy atom. The van der Waals surface area contributed by atoms with Crippen molar-refractivity contribution in [3.63, 3.8) is 0 Å². The number of benzene rings is 2. The molecule has 0 spiro atoms. The van der Waals surface area contributed by atoms with Crippen molar-refractivity contribution in [2.45, 2.75) is 6.92 Å². The van der Waals surface area contributed by atoms with E-state index in [-0.39, 0.29) is 5.91 Å². The van der Waals surface area contributed by atoms with Crippen molar-refractivity contribution in [1.29, 1.82) is 0 Å². The molecule has 2 nitrogen and oxygen atoms in total. The molecule has 0 unspecified atom stereocenters. The number of nitrogens with one attached hydrogen (secondary N) is 1. The minimum atomic E-state index is -0.0415. The average molecular weight is 199 g/mol. The Bertz CT molecular complexity index is 517. The molecule has 1 N–H and O–H groups in total. The quantitative estimate of drug-likeness (QED) is 0.751. The zero-order valence-corrected chi connectivity index (χ0v) is 8.87. The summed E-state index contributed by atoms with van der Waals surface area (Å²) in [7, 11) is 1.64. The van der Waals surface area contributed by atoms with Gasteiger partial charge in [0.05, 0.1) is 0 Å². The molecule has 2 heteroatoms. The van der Waals surface area contributed by atoms with Gasteiger partial charge in [-0.3, -0.25) is 4.79 Å². The summed E-state index contributed by atoms with van der Waals surface area (Å²) < 4.78 is 0. The van der Waals surface area contributed by atoms with Crippen molar-refractivity contribution in [1.82, 2.24) is 5.32 Å². The van der Waals surface area contributed by atoms with Crippen molar-refractivity contribution >= 4 is 16.7 Å². The summed E-state index contributed by atoms with van der Waals surface area (Å²) >= 11 is 0. The molecule has 0 aliphatic rings. The molecular formula is C13H13NO. The van der Waals surface area contributed by atoms with E-state index in [1.807, 2.05) is 24.3 Å². The summed E-state index contributed by atoms with van der Waals surface area (Å²) in [5.74, 6) is -0.0415. The van der Waals surface area contributed by atoms with Crippen LogP contribution in [0, 0.1) is 6.92 Å². The Hall–Kier alpha value is -1.83. The van der Waals surface area contributed by atoms with Gasteiger partial charge in [0.25, 0.3) is 5.91 Å². The largest absolute Gasteiger partial charge is 0.355 e. The van der Waals surface area contributed by atoms with Gasteiger partial charge >= 0.3 is 0 Å². The maximum Gasteiger partial charge on any atom is 0.251 e. The highest BCUT2D eigenvalue weighted by atomic mass is 16.1. The molecule has 2 aromatic carbocycles. The van der Waals surface area contributed by atoms with Crippen LogP contribution in [-0.4, -0.2) is 13.0 Å². The molecule has 0 atom stereocenters. The summed E-state index contributed by atoms with van der Waals surface area (Å²) in [6.45, 7) is 2.05. The molecule has 1 amide bonds. The Kier molecular flexibility index (Phi) is 2.42. The average Bonchev–Trinajstić information content (AvgIpc) is 2.28. The predicted octanol–water partition coefficient (Wildman–Crippen LogP) is 2.51. The van der Waals surface area contributed by atoms with Crippen LogP contribution in [0.5, 0.6) is 0 Å². The minimum absolute atomic E-state index is 0.0415. The van der Waals surface area contributed by atoms with E-state index in [0.29, 0.717) is 5.56 Å². The predicted molar refractivity (Wildman–Crippen MR) is 62.1 cm³/mol.